The average molecular weight is 474 g/mol. The maximum Gasteiger partial charge on any atom is 0.337 e. The van der Waals surface area contributed by atoms with Crippen LogP contribution in [-0.2, 0) is 19.1 Å². The molecule has 0 bridgehead atoms. The van der Waals surface area contributed by atoms with Crippen molar-refractivity contribution < 1.29 is 33.4 Å². The third-order valence-electron chi connectivity index (χ3n) is 5.15. The van der Waals surface area contributed by atoms with Gasteiger partial charge in [0.05, 0.1) is 40.9 Å². The highest BCUT2D eigenvalue weighted by Gasteiger charge is 2.39. The van der Waals surface area contributed by atoms with E-state index in [1.54, 1.807) is 45.9 Å². The molecule has 1 aliphatic rings. The van der Waals surface area contributed by atoms with Crippen molar-refractivity contribution in [2.75, 3.05) is 13.2 Å². The minimum atomic E-state index is -1.14. The molecule has 0 radical (unpaired) electrons. The molecule has 2 aromatic rings. The summed E-state index contributed by atoms with van der Waals surface area (Å²) in [4.78, 5) is 36.9. The predicted molar refractivity (Wildman–Crippen MR) is 121 cm³/mol. The van der Waals surface area contributed by atoms with E-state index in [1.807, 2.05) is 0 Å². The highest BCUT2D eigenvalue weighted by Crippen LogP contribution is 2.41. The molecule has 0 atom stereocenters. The standard InChI is InChI=1S/C24H24ClNO7/c1-5-31-23(29)19-12(3)26-13(4)20(24(30)32-6-2)21(19)18-10-9-17(33-18)14-7-8-15(22(27)28)16(25)11-14/h7-11,21,26H,5-6H2,1-4H3,(H,27,28). The molecule has 3 rings (SSSR count). The van der Waals surface area contributed by atoms with Crippen molar-refractivity contribution in [1.29, 1.82) is 0 Å². The zero-order valence-electron chi connectivity index (χ0n) is 18.7. The molecule has 33 heavy (non-hydrogen) atoms. The number of rotatable bonds is 7. The van der Waals surface area contributed by atoms with E-state index in [-0.39, 0.29) is 34.9 Å². The number of carboxylic acids is 1. The molecule has 0 saturated heterocycles. The average Bonchev–Trinajstić information content (AvgIpc) is 3.23. The number of allylic oxidation sites excluding steroid dienone is 2. The Morgan fingerprint density at radius 1 is 1.00 bits per heavy atom. The van der Waals surface area contributed by atoms with Crippen LogP contribution >= 0.6 is 11.6 Å². The molecular formula is C24H24ClNO7. The number of esters is 2. The van der Waals surface area contributed by atoms with Crippen molar-refractivity contribution in [3.8, 4) is 11.3 Å². The van der Waals surface area contributed by atoms with Gasteiger partial charge in [-0.3, -0.25) is 0 Å². The molecular weight excluding hydrogens is 450 g/mol. The lowest BCUT2D eigenvalue weighted by Gasteiger charge is -2.28. The van der Waals surface area contributed by atoms with Crippen LogP contribution in [-0.4, -0.2) is 36.2 Å². The summed E-state index contributed by atoms with van der Waals surface area (Å²) in [5.74, 6) is -2.42. The number of halogens is 1. The molecule has 0 saturated carbocycles. The normalized spacial score (nSPS) is 14.2. The van der Waals surface area contributed by atoms with Gasteiger partial charge in [0.25, 0.3) is 0 Å². The summed E-state index contributed by atoms with van der Waals surface area (Å²) in [6.07, 6.45) is 0. The lowest BCUT2D eigenvalue weighted by molar-refractivity contribution is -0.139. The number of carbonyl (C=O) groups is 3. The highest BCUT2D eigenvalue weighted by molar-refractivity contribution is 6.33. The zero-order chi connectivity index (χ0) is 24.3. The minimum absolute atomic E-state index is 0.0307. The van der Waals surface area contributed by atoms with Crippen molar-refractivity contribution in [3.05, 3.63) is 69.2 Å². The fourth-order valence-corrected chi connectivity index (χ4v) is 4.00. The topological polar surface area (TPSA) is 115 Å². The Kier molecular flexibility index (Phi) is 7.28. The Bertz CT molecular complexity index is 1140. The van der Waals surface area contributed by atoms with Crippen LogP contribution in [0.15, 0.2) is 57.3 Å². The first-order chi connectivity index (χ1) is 15.7. The van der Waals surface area contributed by atoms with Crippen LogP contribution in [0.1, 0.15) is 49.7 Å². The SMILES string of the molecule is CCOC(=O)C1=C(C)NC(C)=C(C(=O)OCC)C1c1ccc(-c2ccc(C(=O)O)c(Cl)c2)o1. The van der Waals surface area contributed by atoms with E-state index in [2.05, 4.69) is 5.32 Å². The van der Waals surface area contributed by atoms with Gasteiger partial charge in [-0.25, -0.2) is 14.4 Å². The molecule has 174 valence electrons. The quantitative estimate of drug-likeness (QED) is 0.558. The van der Waals surface area contributed by atoms with Crippen LogP contribution in [0.2, 0.25) is 5.02 Å². The van der Waals surface area contributed by atoms with Crippen molar-refractivity contribution in [2.45, 2.75) is 33.6 Å². The number of benzene rings is 1. The van der Waals surface area contributed by atoms with E-state index < -0.39 is 23.8 Å². The first-order valence-electron chi connectivity index (χ1n) is 10.3. The third-order valence-corrected chi connectivity index (χ3v) is 5.46. The van der Waals surface area contributed by atoms with E-state index in [0.29, 0.717) is 28.5 Å². The predicted octanol–water partition coefficient (Wildman–Crippen LogP) is 4.66. The molecule has 0 aliphatic carbocycles. The van der Waals surface area contributed by atoms with Gasteiger partial charge in [-0.05, 0) is 52.0 Å². The lowest BCUT2D eigenvalue weighted by atomic mass is 9.83. The lowest BCUT2D eigenvalue weighted by Crippen LogP contribution is -2.32. The van der Waals surface area contributed by atoms with E-state index in [4.69, 9.17) is 25.5 Å². The summed E-state index contributed by atoms with van der Waals surface area (Å²) in [6.45, 7) is 7.16. The van der Waals surface area contributed by atoms with Crippen LogP contribution in [0.25, 0.3) is 11.3 Å². The van der Waals surface area contributed by atoms with E-state index in [1.165, 1.54) is 12.1 Å². The number of furan rings is 1. The Morgan fingerprint density at radius 2 is 1.58 bits per heavy atom. The number of dihydropyridines is 1. The Morgan fingerprint density at radius 3 is 2.06 bits per heavy atom. The van der Waals surface area contributed by atoms with Gasteiger partial charge in [0, 0.05) is 17.0 Å². The molecule has 1 aromatic carbocycles. The van der Waals surface area contributed by atoms with E-state index >= 15 is 0 Å². The van der Waals surface area contributed by atoms with Gasteiger partial charge < -0.3 is 24.3 Å². The van der Waals surface area contributed by atoms with Gasteiger partial charge in [-0.2, -0.15) is 0 Å². The number of hydrogen-bond donors (Lipinski definition) is 2. The molecule has 2 heterocycles. The van der Waals surface area contributed by atoms with Gasteiger partial charge in [-0.15, -0.1) is 0 Å². The Hall–Kier alpha value is -3.52. The second-order valence-corrected chi connectivity index (χ2v) is 7.69. The maximum atomic E-state index is 12.8. The monoisotopic (exact) mass is 473 g/mol. The van der Waals surface area contributed by atoms with Crippen LogP contribution in [0.4, 0.5) is 0 Å². The maximum absolute atomic E-state index is 12.8. The molecule has 2 N–H and O–H groups in total. The van der Waals surface area contributed by atoms with Crippen molar-refractivity contribution in [2.24, 2.45) is 0 Å². The molecule has 9 heteroatoms. The largest absolute Gasteiger partial charge is 0.478 e. The van der Waals surface area contributed by atoms with Crippen LogP contribution in [0, 0.1) is 0 Å². The zero-order valence-corrected chi connectivity index (χ0v) is 19.4. The first-order valence-corrected chi connectivity index (χ1v) is 10.7. The van der Waals surface area contributed by atoms with Crippen LogP contribution < -0.4 is 5.32 Å². The Labute approximate surface area is 195 Å². The number of ether oxygens (including phenoxy) is 2. The first kappa shape index (κ1) is 24.1. The van der Waals surface area contributed by atoms with Crippen molar-refractivity contribution in [1.82, 2.24) is 5.32 Å². The molecule has 0 amide bonds. The van der Waals surface area contributed by atoms with E-state index in [0.717, 1.165) is 0 Å². The summed E-state index contributed by atoms with van der Waals surface area (Å²) in [7, 11) is 0. The van der Waals surface area contributed by atoms with Crippen molar-refractivity contribution in [3.63, 3.8) is 0 Å². The molecule has 0 spiro atoms. The number of aromatic carboxylic acids is 1. The number of carboxylic acid groups (broad SMARTS) is 1. The molecule has 1 aliphatic heterocycles. The van der Waals surface area contributed by atoms with Gasteiger partial charge in [0.2, 0.25) is 0 Å². The molecule has 0 fully saturated rings. The fourth-order valence-electron chi connectivity index (χ4n) is 3.74. The van der Waals surface area contributed by atoms with Gasteiger partial charge in [0.1, 0.15) is 11.5 Å². The summed E-state index contributed by atoms with van der Waals surface area (Å²) >= 11 is 6.10. The summed E-state index contributed by atoms with van der Waals surface area (Å²) < 4.78 is 16.5. The fraction of sp³-hybridized carbons (Fsp3) is 0.292. The highest BCUT2D eigenvalue weighted by atomic mass is 35.5. The van der Waals surface area contributed by atoms with Gasteiger partial charge >= 0.3 is 17.9 Å². The number of hydrogen-bond acceptors (Lipinski definition) is 7. The Balaban J connectivity index is 2.11. The van der Waals surface area contributed by atoms with Gasteiger partial charge in [0.15, 0.2) is 0 Å². The number of nitrogens with one attached hydrogen (secondary N) is 1. The van der Waals surface area contributed by atoms with Crippen LogP contribution in [0.5, 0.6) is 0 Å². The molecule has 8 nitrogen and oxygen atoms in total. The van der Waals surface area contributed by atoms with Crippen molar-refractivity contribution >= 4 is 29.5 Å². The molecule has 1 aromatic heterocycles. The van der Waals surface area contributed by atoms with Gasteiger partial charge in [-0.1, -0.05) is 17.7 Å². The second-order valence-electron chi connectivity index (χ2n) is 7.28. The minimum Gasteiger partial charge on any atom is -0.478 e. The summed E-state index contributed by atoms with van der Waals surface area (Å²) in [5.41, 5.74) is 2.07. The molecule has 0 unspecified atom stereocenters. The van der Waals surface area contributed by atoms with Crippen LogP contribution in [0.3, 0.4) is 0 Å². The third kappa shape index (κ3) is 4.80. The summed E-state index contributed by atoms with van der Waals surface area (Å²) in [6, 6.07) is 7.76. The number of carbonyl (C=O) groups excluding carboxylic acids is 2. The summed E-state index contributed by atoms with van der Waals surface area (Å²) in [5, 5.41) is 12.3. The smallest absolute Gasteiger partial charge is 0.337 e. The van der Waals surface area contributed by atoms with E-state index in [9.17, 15) is 19.5 Å². The second kappa shape index (κ2) is 9.95.